The number of aromatic nitrogens is 4. The Balaban J connectivity index is 1.50. The van der Waals surface area contributed by atoms with Crippen LogP contribution >= 0.6 is 0 Å². The van der Waals surface area contributed by atoms with Gasteiger partial charge in [0, 0.05) is 36.4 Å². The van der Waals surface area contributed by atoms with Gasteiger partial charge in [0.25, 0.3) is 0 Å². The standard InChI is InChI=1S/C26H25FN6O/c1-2-22(34)13-17-11-18(14-19(27)12-17)24-23-16-28-32-25(23)31-26(30-24)29-20-7-6-8-21(15-20)33-9-4-3-5-10-33/h2,6-8,11-12,14-16H,1,3-5,9-10,13H2,(H2,28,29,30,31,32). The summed E-state index contributed by atoms with van der Waals surface area (Å²) in [6.45, 7) is 5.61. The van der Waals surface area contributed by atoms with Crippen LogP contribution in [0.2, 0.25) is 0 Å². The number of allylic oxidation sites excluding steroid dienone is 1. The average Bonchev–Trinajstić information content (AvgIpc) is 3.32. The lowest BCUT2D eigenvalue weighted by molar-refractivity contribution is -0.114. The Bertz CT molecular complexity index is 1360. The second-order valence-corrected chi connectivity index (χ2v) is 8.45. The van der Waals surface area contributed by atoms with Gasteiger partial charge in [-0.25, -0.2) is 9.37 Å². The third-order valence-electron chi connectivity index (χ3n) is 5.97. The molecule has 3 heterocycles. The molecule has 2 aromatic heterocycles. The van der Waals surface area contributed by atoms with E-state index in [1.165, 1.54) is 37.5 Å². The number of carbonyl (C=O) groups is 1. The smallest absolute Gasteiger partial charge is 0.229 e. The van der Waals surface area contributed by atoms with Crippen molar-refractivity contribution in [2.75, 3.05) is 23.3 Å². The molecular weight excluding hydrogens is 431 g/mol. The number of piperidine rings is 1. The average molecular weight is 457 g/mol. The van der Waals surface area contributed by atoms with Crippen LogP contribution in [0.25, 0.3) is 22.3 Å². The number of halogens is 1. The minimum absolute atomic E-state index is 0.0717. The molecule has 5 rings (SSSR count). The first-order valence-electron chi connectivity index (χ1n) is 11.4. The van der Waals surface area contributed by atoms with E-state index in [0.29, 0.717) is 33.8 Å². The number of fused-ring (bicyclic) bond motifs is 1. The zero-order valence-corrected chi connectivity index (χ0v) is 18.7. The quantitative estimate of drug-likeness (QED) is 0.372. The minimum Gasteiger partial charge on any atom is -0.371 e. The molecule has 8 heteroatoms. The number of nitrogens with one attached hydrogen (secondary N) is 2. The molecule has 4 aromatic rings. The Morgan fingerprint density at radius 1 is 1.15 bits per heavy atom. The van der Waals surface area contributed by atoms with Gasteiger partial charge in [0.1, 0.15) is 5.82 Å². The van der Waals surface area contributed by atoms with Crippen LogP contribution in [0.5, 0.6) is 0 Å². The second kappa shape index (κ2) is 9.43. The summed E-state index contributed by atoms with van der Waals surface area (Å²) in [4.78, 5) is 23.4. The summed E-state index contributed by atoms with van der Waals surface area (Å²) < 4.78 is 14.4. The Hall–Kier alpha value is -4.07. The monoisotopic (exact) mass is 456 g/mol. The van der Waals surface area contributed by atoms with Crippen molar-refractivity contribution in [2.45, 2.75) is 25.7 Å². The third-order valence-corrected chi connectivity index (χ3v) is 5.97. The maximum Gasteiger partial charge on any atom is 0.229 e. The zero-order chi connectivity index (χ0) is 23.5. The fraction of sp³-hybridized carbons (Fsp3) is 0.231. The van der Waals surface area contributed by atoms with Gasteiger partial charge in [-0.1, -0.05) is 12.6 Å². The fourth-order valence-electron chi connectivity index (χ4n) is 4.33. The SMILES string of the molecule is C=CC(=O)Cc1cc(F)cc(-c2nc(Nc3cccc(N4CCCCC4)c3)nc3[nH]ncc23)c1. The van der Waals surface area contributed by atoms with Crippen molar-refractivity contribution in [3.8, 4) is 11.3 Å². The molecule has 0 unspecified atom stereocenters. The topological polar surface area (TPSA) is 86.8 Å². The fourth-order valence-corrected chi connectivity index (χ4v) is 4.33. The highest BCUT2D eigenvalue weighted by Gasteiger charge is 2.15. The molecule has 1 fully saturated rings. The lowest BCUT2D eigenvalue weighted by atomic mass is 10.0. The third kappa shape index (κ3) is 4.66. The summed E-state index contributed by atoms with van der Waals surface area (Å²) in [5.74, 6) is -0.248. The number of benzene rings is 2. The van der Waals surface area contributed by atoms with Gasteiger partial charge in [-0.15, -0.1) is 0 Å². The molecule has 1 saturated heterocycles. The van der Waals surface area contributed by atoms with E-state index in [0.717, 1.165) is 24.5 Å². The van der Waals surface area contributed by atoms with Crippen molar-refractivity contribution in [1.82, 2.24) is 20.2 Å². The van der Waals surface area contributed by atoms with Crippen LogP contribution in [-0.4, -0.2) is 39.0 Å². The van der Waals surface area contributed by atoms with E-state index in [1.807, 2.05) is 12.1 Å². The predicted octanol–water partition coefficient (Wildman–Crippen LogP) is 5.19. The normalized spacial score (nSPS) is 13.7. The van der Waals surface area contributed by atoms with Gasteiger partial charge >= 0.3 is 0 Å². The first kappa shape index (κ1) is 21.8. The van der Waals surface area contributed by atoms with Gasteiger partial charge in [0.05, 0.1) is 17.3 Å². The summed E-state index contributed by atoms with van der Waals surface area (Å²) in [6.07, 6.45) is 6.61. The maximum atomic E-state index is 14.4. The van der Waals surface area contributed by atoms with E-state index in [2.05, 4.69) is 44.1 Å². The number of aromatic amines is 1. The van der Waals surface area contributed by atoms with Crippen molar-refractivity contribution >= 4 is 34.1 Å². The molecule has 1 aliphatic rings. The minimum atomic E-state index is -0.441. The number of hydrogen-bond acceptors (Lipinski definition) is 6. The van der Waals surface area contributed by atoms with Gasteiger partial charge in [-0.05, 0) is 67.3 Å². The van der Waals surface area contributed by atoms with Gasteiger partial charge in [-0.2, -0.15) is 10.1 Å². The van der Waals surface area contributed by atoms with Crippen LogP contribution < -0.4 is 10.2 Å². The van der Waals surface area contributed by atoms with E-state index in [-0.39, 0.29) is 12.2 Å². The van der Waals surface area contributed by atoms with Gasteiger partial charge in [-0.3, -0.25) is 9.89 Å². The van der Waals surface area contributed by atoms with Crippen LogP contribution in [-0.2, 0) is 11.2 Å². The summed E-state index contributed by atoms with van der Waals surface area (Å²) in [6, 6.07) is 12.7. The first-order chi connectivity index (χ1) is 16.6. The largest absolute Gasteiger partial charge is 0.371 e. The highest BCUT2D eigenvalue weighted by Crippen LogP contribution is 2.30. The van der Waals surface area contributed by atoms with E-state index in [1.54, 1.807) is 12.3 Å². The van der Waals surface area contributed by atoms with Crippen LogP contribution in [0.4, 0.5) is 21.7 Å². The van der Waals surface area contributed by atoms with Crippen molar-refractivity contribution in [3.63, 3.8) is 0 Å². The van der Waals surface area contributed by atoms with Crippen molar-refractivity contribution in [1.29, 1.82) is 0 Å². The second-order valence-electron chi connectivity index (χ2n) is 8.45. The molecule has 0 bridgehead atoms. The first-order valence-corrected chi connectivity index (χ1v) is 11.4. The number of hydrogen-bond donors (Lipinski definition) is 2. The highest BCUT2D eigenvalue weighted by atomic mass is 19.1. The lowest BCUT2D eigenvalue weighted by Gasteiger charge is -2.29. The summed E-state index contributed by atoms with van der Waals surface area (Å²) in [5, 5.41) is 10.9. The maximum absolute atomic E-state index is 14.4. The lowest BCUT2D eigenvalue weighted by Crippen LogP contribution is -2.29. The number of ketones is 1. The summed E-state index contributed by atoms with van der Waals surface area (Å²) >= 11 is 0. The predicted molar refractivity (Wildman–Crippen MR) is 132 cm³/mol. The van der Waals surface area contributed by atoms with Crippen LogP contribution in [0.1, 0.15) is 24.8 Å². The molecule has 2 aromatic carbocycles. The number of nitrogens with zero attached hydrogens (tertiary/aromatic N) is 4. The number of carbonyl (C=O) groups excluding carboxylic acids is 1. The Morgan fingerprint density at radius 3 is 2.82 bits per heavy atom. The van der Waals surface area contributed by atoms with E-state index < -0.39 is 5.82 Å². The van der Waals surface area contributed by atoms with Crippen molar-refractivity contribution in [3.05, 3.63) is 72.7 Å². The number of rotatable bonds is 7. The molecule has 0 atom stereocenters. The molecule has 7 nitrogen and oxygen atoms in total. The summed E-state index contributed by atoms with van der Waals surface area (Å²) in [5.41, 5.74) is 4.19. The van der Waals surface area contributed by atoms with E-state index >= 15 is 0 Å². The highest BCUT2D eigenvalue weighted by molar-refractivity contribution is 5.93. The molecule has 172 valence electrons. The van der Waals surface area contributed by atoms with E-state index in [4.69, 9.17) is 4.98 Å². The molecule has 0 radical (unpaired) electrons. The molecule has 0 amide bonds. The molecular formula is C26H25FN6O. The van der Waals surface area contributed by atoms with Gasteiger partial charge in [0.2, 0.25) is 5.95 Å². The molecule has 0 saturated carbocycles. The van der Waals surface area contributed by atoms with Gasteiger partial charge in [0.15, 0.2) is 11.4 Å². The van der Waals surface area contributed by atoms with Crippen molar-refractivity contribution < 1.29 is 9.18 Å². The molecule has 34 heavy (non-hydrogen) atoms. The van der Waals surface area contributed by atoms with Crippen LogP contribution in [0.15, 0.2) is 61.3 Å². The molecule has 0 aliphatic carbocycles. The van der Waals surface area contributed by atoms with E-state index in [9.17, 15) is 9.18 Å². The van der Waals surface area contributed by atoms with Crippen LogP contribution in [0.3, 0.4) is 0 Å². The molecule has 0 spiro atoms. The Labute approximate surface area is 196 Å². The number of anilines is 3. The van der Waals surface area contributed by atoms with Crippen LogP contribution in [0, 0.1) is 5.82 Å². The zero-order valence-electron chi connectivity index (χ0n) is 18.7. The molecule has 1 aliphatic heterocycles. The summed E-state index contributed by atoms with van der Waals surface area (Å²) in [7, 11) is 0. The van der Waals surface area contributed by atoms with Gasteiger partial charge < -0.3 is 10.2 Å². The van der Waals surface area contributed by atoms with Crippen molar-refractivity contribution in [2.24, 2.45) is 0 Å². The Morgan fingerprint density at radius 2 is 2.00 bits per heavy atom. The Kier molecular flexibility index (Phi) is 6.03. The number of H-pyrrole nitrogens is 1. The molecule has 2 N–H and O–H groups in total.